The van der Waals surface area contributed by atoms with Gasteiger partial charge in [0.2, 0.25) is 0 Å². The average Bonchev–Trinajstić information content (AvgIpc) is 2.86. The largest absolute Gasteiger partial charge is 0.493 e. The van der Waals surface area contributed by atoms with E-state index in [0.29, 0.717) is 29.4 Å². The molecule has 1 saturated heterocycles. The van der Waals surface area contributed by atoms with Crippen LogP contribution in [0.25, 0.3) is 0 Å². The van der Waals surface area contributed by atoms with Crippen LogP contribution in [0.5, 0.6) is 5.75 Å². The molecule has 1 aromatic carbocycles. The van der Waals surface area contributed by atoms with E-state index in [1.54, 1.807) is 0 Å². The van der Waals surface area contributed by atoms with Gasteiger partial charge in [0.1, 0.15) is 11.4 Å². The van der Waals surface area contributed by atoms with Crippen molar-refractivity contribution in [3.05, 3.63) is 29.3 Å². The van der Waals surface area contributed by atoms with Crippen molar-refractivity contribution in [1.82, 2.24) is 4.90 Å². The van der Waals surface area contributed by atoms with Gasteiger partial charge in [0.05, 0.1) is 6.61 Å². The van der Waals surface area contributed by atoms with E-state index in [-0.39, 0.29) is 6.09 Å². The van der Waals surface area contributed by atoms with E-state index >= 15 is 0 Å². The topological polar surface area (TPSA) is 38.8 Å². The molecule has 1 heterocycles. The van der Waals surface area contributed by atoms with Crippen LogP contribution in [0.4, 0.5) is 4.79 Å². The second-order valence-electron chi connectivity index (χ2n) is 7.15. The zero-order valence-electron chi connectivity index (χ0n) is 13.2. The molecule has 0 aromatic heterocycles. The SMILES string of the molecule is CC(C)(C)OC(=O)N1C[C@@H]2C(COc3cccc(Cl)c3)[C@@H]2C1. The third-order valence-corrected chi connectivity index (χ3v) is 4.50. The molecule has 3 atom stereocenters. The molecule has 2 fully saturated rings. The van der Waals surface area contributed by atoms with Crippen molar-refractivity contribution >= 4 is 17.7 Å². The standard InChI is InChI=1S/C17H22ClNO3/c1-17(2,3)22-16(20)19-8-13-14(9-19)15(13)10-21-12-6-4-5-11(18)7-12/h4-7,13-15H,8-10H2,1-3H3/t13-,14+,15?. The van der Waals surface area contributed by atoms with Gasteiger partial charge in [0.25, 0.3) is 0 Å². The monoisotopic (exact) mass is 323 g/mol. The molecule has 22 heavy (non-hydrogen) atoms. The highest BCUT2D eigenvalue weighted by Crippen LogP contribution is 2.51. The van der Waals surface area contributed by atoms with Crippen molar-refractivity contribution in [2.75, 3.05) is 19.7 Å². The Hall–Kier alpha value is -1.42. The molecular formula is C17H22ClNO3. The van der Waals surface area contributed by atoms with Gasteiger partial charge in [-0.1, -0.05) is 17.7 Å². The molecule has 5 heteroatoms. The van der Waals surface area contributed by atoms with Gasteiger partial charge in [-0.2, -0.15) is 0 Å². The van der Waals surface area contributed by atoms with Crippen molar-refractivity contribution in [2.45, 2.75) is 26.4 Å². The summed E-state index contributed by atoms with van der Waals surface area (Å²) in [6.07, 6.45) is -0.200. The van der Waals surface area contributed by atoms with Crippen LogP contribution in [0, 0.1) is 17.8 Å². The molecule has 0 spiro atoms. The van der Waals surface area contributed by atoms with Crippen LogP contribution in [0.1, 0.15) is 20.8 Å². The van der Waals surface area contributed by atoms with Crippen LogP contribution in [0.3, 0.4) is 0 Å². The molecule has 4 nitrogen and oxygen atoms in total. The van der Waals surface area contributed by atoms with Gasteiger partial charge in [-0.25, -0.2) is 4.79 Å². The summed E-state index contributed by atoms with van der Waals surface area (Å²) in [5, 5.41) is 0.685. The summed E-state index contributed by atoms with van der Waals surface area (Å²) in [7, 11) is 0. The van der Waals surface area contributed by atoms with Crippen molar-refractivity contribution in [3.63, 3.8) is 0 Å². The highest BCUT2D eigenvalue weighted by atomic mass is 35.5. The van der Waals surface area contributed by atoms with Crippen LogP contribution in [-0.4, -0.2) is 36.3 Å². The molecule has 0 radical (unpaired) electrons. The van der Waals surface area contributed by atoms with E-state index < -0.39 is 5.60 Å². The van der Waals surface area contributed by atoms with Gasteiger partial charge in [-0.3, -0.25) is 0 Å². The Balaban J connectivity index is 1.44. The number of benzene rings is 1. The normalized spacial score (nSPS) is 26.5. The molecule has 1 aliphatic heterocycles. The molecule has 0 bridgehead atoms. The highest BCUT2D eigenvalue weighted by Gasteiger charge is 2.57. The fourth-order valence-corrected chi connectivity index (χ4v) is 3.30. The third-order valence-electron chi connectivity index (χ3n) is 4.26. The summed E-state index contributed by atoms with van der Waals surface area (Å²) in [6, 6.07) is 7.46. The van der Waals surface area contributed by atoms with E-state index in [1.165, 1.54) is 0 Å². The number of ether oxygens (including phenoxy) is 2. The molecule has 3 rings (SSSR count). The number of hydrogen-bond donors (Lipinski definition) is 0. The number of nitrogens with zero attached hydrogens (tertiary/aromatic N) is 1. The van der Waals surface area contributed by atoms with Gasteiger partial charge in [-0.05, 0) is 50.8 Å². The Kier molecular flexibility index (Phi) is 3.98. The summed E-state index contributed by atoms with van der Waals surface area (Å²) in [5.74, 6) is 2.44. The number of likely N-dealkylation sites (tertiary alicyclic amines) is 1. The Morgan fingerprint density at radius 2 is 2.00 bits per heavy atom. The number of carbonyl (C=O) groups excluding carboxylic acids is 1. The number of hydrogen-bond acceptors (Lipinski definition) is 3. The smallest absolute Gasteiger partial charge is 0.410 e. The Bertz CT molecular complexity index is 557. The Morgan fingerprint density at radius 3 is 2.59 bits per heavy atom. The van der Waals surface area contributed by atoms with Crippen molar-refractivity contribution < 1.29 is 14.3 Å². The second kappa shape index (κ2) is 5.65. The van der Waals surface area contributed by atoms with Crippen molar-refractivity contribution in [2.24, 2.45) is 17.8 Å². The molecule has 1 aromatic rings. The molecule has 120 valence electrons. The van der Waals surface area contributed by atoms with Crippen LogP contribution >= 0.6 is 11.6 Å². The maximum absolute atomic E-state index is 12.0. The molecule has 1 aliphatic carbocycles. The zero-order chi connectivity index (χ0) is 15.9. The van der Waals surface area contributed by atoms with Crippen molar-refractivity contribution in [3.8, 4) is 5.75 Å². The number of piperidine rings is 1. The highest BCUT2D eigenvalue weighted by molar-refractivity contribution is 6.30. The number of carbonyl (C=O) groups is 1. The number of fused-ring (bicyclic) bond motifs is 1. The summed E-state index contributed by atoms with van der Waals surface area (Å²) in [5.41, 5.74) is -0.432. The zero-order valence-corrected chi connectivity index (χ0v) is 14.0. The van der Waals surface area contributed by atoms with E-state index in [4.69, 9.17) is 21.1 Å². The van der Waals surface area contributed by atoms with E-state index in [9.17, 15) is 4.79 Å². The van der Waals surface area contributed by atoms with Gasteiger partial charge >= 0.3 is 6.09 Å². The fourth-order valence-electron chi connectivity index (χ4n) is 3.12. The van der Waals surface area contributed by atoms with Gasteiger partial charge in [0.15, 0.2) is 0 Å². The lowest BCUT2D eigenvalue weighted by Gasteiger charge is -2.25. The minimum Gasteiger partial charge on any atom is -0.493 e. The minimum atomic E-state index is -0.432. The molecule has 2 aliphatic rings. The maximum atomic E-state index is 12.0. The van der Waals surface area contributed by atoms with E-state index in [1.807, 2.05) is 49.9 Å². The van der Waals surface area contributed by atoms with Crippen LogP contribution < -0.4 is 4.74 Å². The summed E-state index contributed by atoms with van der Waals surface area (Å²) >= 11 is 5.94. The first-order chi connectivity index (χ1) is 10.3. The third kappa shape index (κ3) is 3.49. The summed E-state index contributed by atoms with van der Waals surface area (Å²) < 4.78 is 11.2. The molecule has 1 saturated carbocycles. The summed E-state index contributed by atoms with van der Waals surface area (Å²) in [4.78, 5) is 13.8. The fraction of sp³-hybridized carbons (Fsp3) is 0.588. The summed E-state index contributed by atoms with van der Waals surface area (Å²) in [6.45, 7) is 7.93. The van der Waals surface area contributed by atoms with Gasteiger partial charge in [0, 0.05) is 24.0 Å². The van der Waals surface area contributed by atoms with E-state index in [0.717, 1.165) is 18.8 Å². The minimum absolute atomic E-state index is 0.200. The predicted molar refractivity (Wildman–Crippen MR) is 85.2 cm³/mol. The van der Waals surface area contributed by atoms with Gasteiger partial charge in [-0.15, -0.1) is 0 Å². The first-order valence-electron chi connectivity index (χ1n) is 7.70. The Morgan fingerprint density at radius 1 is 1.32 bits per heavy atom. The lowest BCUT2D eigenvalue weighted by atomic mass is 10.2. The Labute approximate surface area is 136 Å². The first-order valence-corrected chi connectivity index (χ1v) is 8.07. The lowest BCUT2D eigenvalue weighted by Crippen LogP contribution is -2.37. The molecule has 1 amide bonds. The quantitative estimate of drug-likeness (QED) is 0.848. The van der Waals surface area contributed by atoms with E-state index in [2.05, 4.69) is 0 Å². The lowest BCUT2D eigenvalue weighted by molar-refractivity contribution is 0.0261. The molecule has 0 N–H and O–H groups in total. The number of halogens is 1. The van der Waals surface area contributed by atoms with Crippen LogP contribution in [-0.2, 0) is 4.74 Å². The second-order valence-corrected chi connectivity index (χ2v) is 7.58. The van der Waals surface area contributed by atoms with Crippen LogP contribution in [0.2, 0.25) is 5.02 Å². The average molecular weight is 324 g/mol. The molecule has 1 unspecified atom stereocenters. The van der Waals surface area contributed by atoms with Crippen molar-refractivity contribution in [1.29, 1.82) is 0 Å². The predicted octanol–water partition coefficient (Wildman–Crippen LogP) is 3.83. The molecular weight excluding hydrogens is 302 g/mol. The number of amides is 1. The maximum Gasteiger partial charge on any atom is 0.410 e. The first kappa shape index (κ1) is 15.5. The number of rotatable bonds is 3. The van der Waals surface area contributed by atoms with Gasteiger partial charge < -0.3 is 14.4 Å². The van der Waals surface area contributed by atoms with Crippen LogP contribution in [0.15, 0.2) is 24.3 Å².